The first-order chi connectivity index (χ1) is 8.83. The molecule has 1 aromatic rings. The van der Waals surface area contributed by atoms with Crippen molar-refractivity contribution in [1.29, 1.82) is 0 Å². The van der Waals surface area contributed by atoms with Crippen molar-refractivity contribution in [2.45, 2.75) is 25.7 Å². The Morgan fingerprint density at radius 3 is 2.47 bits per heavy atom. The maximum absolute atomic E-state index is 11.4. The van der Waals surface area contributed by atoms with Gasteiger partial charge in [-0.25, -0.2) is 4.79 Å². The van der Waals surface area contributed by atoms with E-state index in [-0.39, 0.29) is 18.4 Å². The van der Waals surface area contributed by atoms with Crippen molar-refractivity contribution >= 4 is 24.5 Å². The summed E-state index contributed by atoms with van der Waals surface area (Å²) in [6.45, 7) is 1.22. The van der Waals surface area contributed by atoms with Gasteiger partial charge in [0.05, 0.1) is 6.61 Å². The minimum Gasteiger partial charge on any atom is -0.463 e. The largest absolute Gasteiger partial charge is 0.463 e. The summed E-state index contributed by atoms with van der Waals surface area (Å²) in [7, 11) is 0. The number of carbonyl (C=O) groups excluding carboxylic acids is 1. The second-order valence-electron chi connectivity index (χ2n) is 4.11. The number of hydrogen-bond donors (Lipinski definition) is 1. The Morgan fingerprint density at radius 2 is 1.79 bits per heavy atom. The van der Waals surface area contributed by atoms with Gasteiger partial charge in [-0.05, 0) is 31.0 Å². The summed E-state index contributed by atoms with van der Waals surface area (Å²) in [5.74, 6) is -0.280. The molecule has 4 heteroatoms. The van der Waals surface area contributed by atoms with Crippen LogP contribution in [0.2, 0.25) is 0 Å². The number of esters is 1. The van der Waals surface area contributed by atoms with E-state index in [4.69, 9.17) is 10.5 Å². The quantitative estimate of drug-likeness (QED) is 0.453. The van der Waals surface area contributed by atoms with E-state index < -0.39 is 0 Å². The number of ether oxygens (including phenoxy) is 1. The highest BCUT2D eigenvalue weighted by atomic mass is 35.5. The van der Waals surface area contributed by atoms with Crippen LogP contribution in [0.1, 0.15) is 31.2 Å². The van der Waals surface area contributed by atoms with Gasteiger partial charge >= 0.3 is 5.97 Å². The molecule has 0 atom stereocenters. The SMILES string of the molecule is Cl.NCCCCCCOC(=O)/C=C/c1ccccc1. The van der Waals surface area contributed by atoms with Crippen LogP contribution in [0, 0.1) is 0 Å². The van der Waals surface area contributed by atoms with E-state index in [0.29, 0.717) is 6.61 Å². The zero-order valence-electron chi connectivity index (χ0n) is 11.1. The Labute approximate surface area is 121 Å². The number of hydrogen-bond acceptors (Lipinski definition) is 3. The molecular weight excluding hydrogens is 262 g/mol. The van der Waals surface area contributed by atoms with Gasteiger partial charge in [0, 0.05) is 6.08 Å². The van der Waals surface area contributed by atoms with Gasteiger partial charge in [0.15, 0.2) is 0 Å². The van der Waals surface area contributed by atoms with E-state index in [1.807, 2.05) is 30.3 Å². The number of carbonyl (C=O) groups is 1. The van der Waals surface area contributed by atoms with Crippen molar-refractivity contribution in [1.82, 2.24) is 0 Å². The highest BCUT2D eigenvalue weighted by Gasteiger charge is 1.96. The van der Waals surface area contributed by atoms with Gasteiger partial charge in [0.1, 0.15) is 0 Å². The molecule has 19 heavy (non-hydrogen) atoms. The van der Waals surface area contributed by atoms with Crippen molar-refractivity contribution in [2.24, 2.45) is 5.73 Å². The molecule has 0 spiro atoms. The van der Waals surface area contributed by atoms with Crippen molar-refractivity contribution in [3.63, 3.8) is 0 Å². The van der Waals surface area contributed by atoms with Crippen LogP contribution in [0.4, 0.5) is 0 Å². The molecule has 0 bridgehead atoms. The van der Waals surface area contributed by atoms with Crippen LogP contribution in [-0.2, 0) is 9.53 Å². The van der Waals surface area contributed by atoms with Crippen LogP contribution in [0.15, 0.2) is 36.4 Å². The highest BCUT2D eigenvalue weighted by molar-refractivity contribution is 5.87. The van der Waals surface area contributed by atoms with E-state index in [0.717, 1.165) is 37.8 Å². The summed E-state index contributed by atoms with van der Waals surface area (Å²) >= 11 is 0. The third-order valence-electron chi connectivity index (χ3n) is 2.55. The van der Waals surface area contributed by atoms with Gasteiger partial charge in [-0.15, -0.1) is 12.4 Å². The average Bonchev–Trinajstić information content (AvgIpc) is 2.41. The zero-order chi connectivity index (χ0) is 13.1. The Bertz CT molecular complexity index is 366. The molecule has 0 aliphatic rings. The number of halogens is 1. The summed E-state index contributed by atoms with van der Waals surface area (Å²) < 4.78 is 5.09. The summed E-state index contributed by atoms with van der Waals surface area (Å²) in [5.41, 5.74) is 6.39. The maximum Gasteiger partial charge on any atom is 0.330 e. The van der Waals surface area contributed by atoms with Crippen LogP contribution in [0.25, 0.3) is 6.08 Å². The second-order valence-corrected chi connectivity index (χ2v) is 4.11. The Kier molecular flexibility index (Phi) is 10.9. The number of benzene rings is 1. The molecule has 0 aliphatic carbocycles. The van der Waals surface area contributed by atoms with Crippen molar-refractivity contribution in [2.75, 3.05) is 13.2 Å². The molecule has 1 rings (SSSR count). The summed E-state index contributed by atoms with van der Waals surface area (Å²) in [6, 6.07) is 9.69. The lowest BCUT2D eigenvalue weighted by molar-refractivity contribution is -0.137. The van der Waals surface area contributed by atoms with Gasteiger partial charge in [0.25, 0.3) is 0 Å². The molecule has 3 nitrogen and oxygen atoms in total. The summed E-state index contributed by atoms with van der Waals surface area (Å²) in [6.07, 6.45) is 7.35. The molecule has 2 N–H and O–H groups in total. The minimum absolute atomic E-state index is 0. The van der Waals surface area contributed by atoms with Crippen molar-refractivity contribution in [3.05, 3.63) is 42.0 Å². The van der Waals surface area contributed by atoms with Crippen LogP contribution in [0.5, 0.6) is 0 Å². The second kappa shape index (κ2) is 11.8. The topological polar surface area (TPSA) is 52.3 Å². The fourth-order valence-corrected chi connectivity index (χ4v) is 1.55. The normalized spacial score (nSPS) is 10.2. The average molecular weight is 284 g/mol. The standard InChI is InChI=1S/C15H21NO2.ClH/c16-12-6-1-2-7-13-18-15(17)11-10-14-8-4-3-5-9-14;/h3-5,8-11H,1-2,6-7,12-13,16H2;1H/b11-10+;. The number of nitrogens with two attached hydrogens (primary N) is 1. The van der Waals surface area contributed by atoms with Crippen molar-refractivity contribution < 1.29 is 9.53 Å². The van der Waals surface area contributed by atoms with Gasteiger partial charge in [-0.3, -0.25) is 0 Å². The first-order valence-corrected chi connectivity index (χ1v) is 6.43. The first kappa shape index (κ1) is 17.7. The molecule has 0 saturated heterocycles. The molecule has 0 radical (unpaired) electrons. The lowest BCUT2D eigenvalue weighted by atomic mass is 10.2. The molecule has 0 fully saturated rings. The van der Waals surface area contributed by atoms with E-state index in [1.54, 1.807) is 6.08 Å². The molecule has 0 unspecified atom stereocenters. The van der Waals surface area contributed by atoms with Gasteiger partial charge in [0.2, 0.25) is 0 Å². The van der Waals surface area contributed by atoms with Gasteiger partial charge in [-0.2, -0.15) is 0 Å². The lowest BCUT2D eigenvalue weighted by Gasteiger charge is -2.01. The lowest BCUT2D eigenvalue weighted by Crippen LogP contribution is -2.03. The first-order valence-electron chi connectivity index (χ1n) is 6.43. The van der Waals surface area contributed by atoms with E-state index in [1.165, 1.54) is 6.08 Å². The Morgan fingerprint density at radius 1 is 1.11 bits per heavy atom. The van der Waals surface area contributed by atoms with Crippen LogP contribution in [0.3, 0.4) is 0 Å². The summed E-state index contributed by atoms with van der Waals surface area (Å²) in [5, 5.41) is 0. The molecular formula is C15H22ClNO2. The predicted molar refractivity (Wildman–Crippen MR) is 81.2 cm³/mol. The van der Waals surface area contributed by atoms with Gasteiger partial charge in [-0.1, -0.05) is 43.2 Å². The smallest absolute Gasteiger partial charge is 0.330 e. The van der Waals surface area contributed by atoms with E-state index >= 15 is 0 Å². The molecule has 0 aliphatic heterocycles. The number of unbranched alkanes of at least 4 members (excludes halogenated alkanes) is 3. The van der Waals surface area contributed by atoms with E-state index in [2.05, 4.69) is 0 Å². The van der Waals surface area contributed by atoms with Crippen LogP contribution < -0.4 is 5.73 Å². The Balaban J connectivity index is 0.00000324. The number of rotatable bonds is 8. The van der Waals surface area contributed by atoms with Crippen molar-refractivity contribution in [3.8, 4) is 0 Å². The van der Waals surface area contributed by atoms with E-state index in [9.17, 15) is 4.79 Å². The van der Waals surface area contributed by atoms with Crippen LogP contribution >= 0.6 is 12.4 Å². The minimum atomic E-state index is -0.280. The predicted octanol–water partition coefficient (Wildman–Crippen LogP) is 3.18. The molecule has 1 aromatic carbocycles. The highest BCUT2D eigenvalue weighted by Crippen LogP contribution is 2.02. The molecule has 0 saturated carbocycles. The summed E-state index contributed by atoms with van der Waals surface area (Å²) in [4.78, 5) is 11.4. The third-order valence-corrected chi connectivity index (χ3v) is 2.55. The fourth-order valence-electron chi connectivity index (χ4n) is 1.55. The zero-order valence-corrected chi connectivity index (χ0v) is 11.9. The van der Waals surface area contributed by atoms with Crippen LogP contribution in [-0.4, -0.2) is 19.1 Å². The fraction of sp³-hybridized carbons (Fsp3) is 0.400. The molecule has 0 aromatic heterocycles. The maximum atomic E-state index is 11.4. The molecule has 106 valence electrons. The Hall–Kier alpha value is -1.32. The molecule has 0 heterocycles. The monoisotopic (exact) mass is 283 g/mol. The molecule has 0 amide bonds. The third kappa shape index (κ3) is 9.28. The van der Waals surface area contributed by atoms with Gasteiger partial charge < -0.3 is 10.5 Å².